The van der Waals surface area contributed by atoms with Crippen LogP contribution in [0.1, 0.15) is 0 Å². The van der Waals surface area contributed by atoms with Crippen molar-refractivity contribution in [1.82, 2.24) is 0 Å². The van der Waals surface area contributed by atoms with Gasteiger partial charge in [0.2, 0.25) is 5.78 Å². The second-order valence-electron chi connectivity index (χ2n) is 1.76. The Hall–Kier alpha value is -1.18. The minimum absolute atomic E-state index is 0.0741. The first-order valence-corrected chi connectivity index (χ1v) is 2.39. The molecule has 2 nitrogen and oxygen atoms in total. The van der Waals surface area contributed by atoms with Gasteiger partial charge in [-0.1, -0.05) is 0 Å². The van der Waals surface area contributed by atoms with Crippen molar-refractivity contribution in [2.75, 3.05) is 0 Å². The molecule has 0 saturated carbocycles. The molecule has 0 unspecified atom stereocenters. The van der Waals surface area contributed by atoms with Gasteiger partial charge in [0.05, 0.1) is 0 Å². The summed E-state index contributed by atoms with van der Waals surface area (Å²) in [4.78, 5) is 14.5. The lowest BCUT2D eigenvalue weighted by Crippen LogP contribution is -2.00. The number of carbonyl (C=O) groups excluding carboxylic acids is 1. The van der Waals surface area contributed by atoms with E-state index in [1.54, 1.807) is 18.4 Å². The van der Waals surface area contributed by atoms with Gasteiger partial charge in [-0.3, -0.25) is 9.79 Å². The molecule has 1 aliphatic heterocycles. The quantitative estimate of drug-likeness (QED) is 0.440. The van der Waals surface area contributed by atoms with E-state index in [9.17, 15) is 4.79 Å². The average molecular weight is 105 g/mol. The Bertz CT molecular complexity index is 221. The molecule has 1 heterocycles. The molecule has 2 aliphatic rings. The molecule has 1 aliphatic carbocycles. The lowest BCUT2D eigenvalue weighted by atomic mass is 10.2. The lowest BCUT2D eigenvalue weighted by molar-refractivity contribution is -0.109. The molecule has 0 aromatic carbocycles. The fourth-order valence-corrected chi connectivity index (χ4v) is 0.810. The van der Waals surface area contributed by atoms with E-state index in [4.69, 9.17) is 0 Å². The Morgan fingerprint density at radius 3 is 2.38 bits per heavy atom. The number of nitrogens with zero attached hydrogens (tertiary/aromatic N) is 1. The SMILES string of the molecule is O=C1C2=CN=C1C=C2. The summed E-state index contributed by atoms with van der Waals surface area (Å²) in [6, 6.07) is 0. The van der Waals surface area contributed by atoms with E-state index in [-0.39, 0.29) is 5.78 Å². The van der Waals surface area contributed by atoms with E-state index in [2.05, 4.69) is 4.99 Å². The standard InChI is InChI=1S/C6H3NO/c8-6-4-1-2-5(6)7-3-4/h1-3H. The summed E-state index contributed by atoms with van der Waals surface area (Å²) in [7, 11) is 0. The van der Waals surface area contributed by atoms with Crippen LogP contribution in [0.25, 0.3) is 0 Å². The van der Waals surface area contributed by atoms with Crippen molar-refractivity contribution in [3.05, 3.63) is 23.9 Å². The van der Waals surface area contributed by atoms with E-state index in [0.29, 0.717) is 5.71 Å². The monoisotopic (exact) mass is 105 g/mol. The van der Waals surface area contributed by atoms with Crippen LogP contribution in [-0.2, 0) is 4.79 Å². The van der Waals surface area contributed by atoms with E-state index in [0.717, 1.165) is 5.57 Å². The molecule has 8 heavy (non-hydrogen) atoms. The zero-order valence-corrected chi connectivity index (χ0v) is 4.09. The van der Waals surface area contributed by atoms with Crippen molar-refractivity contribution in [3.8, 4) is 0 Å². The maximum absolute atomic E-state index is 10.7. The van der Waals surface area contributed by atoms with Crippen LogP contribution in [0.5, 0.6) is 0 Å². The van der Waals surface area contributed by atoms with E-state index >= 15 is 0 Å². The lowest BCUT2D eigenvalue weighted by Gasteiger charge is -1.75. The molecule has 2 rings (SSSR count). The van der Waals surface area contributed by atoms with E-state index in [1.165, 1.54) is 0 Å². The highest BCUT2D eigenvalue weighted by Crippen LogP contribution is 2.16. The molecule has 0 radical (unpaired) electrons. The van der Waals surface area contributed by atoms with Gasteiger partial charge in [-0.2, -0.15) is 0 Å². The third-order valence-corrected chi connectivity index (χ3v) is 1.26. The van der Waals surface area contributed by atoms with Gasteiger partial charge in [0.15, 0.2) is 0 Å². The minimum atomic E-state index is 0.0741. The molecule has 0 saturated heterocycles. The van der Waals surface area contributed by atoms with Crippen LogP contribution in [0.15, 0.2) is 28.9 Å². The highest BCUT2D eigenvalue weighted by molar-refractivity contribution is 6.54. The highest BCUT2D eigenvalue weighted by atomic mass is 16.1. The molecule has 0 spiro atoms. The van der Waals surface area contributed by atoms with Crippen LogP contribution in [0.2, 0.25) is 0 Å². The summed E-state index contributed by atoms with van der Waals surface area (Å²) in [6.07, 6.45) is 5.11. The first kappa shape index (κ1) is 3.78. The molecule has 0 aromatic rings. The first-order chi connectivity index (χ1) is 3.88. The van der Waals surface area contributed by atoms with Gasteiger partial charge in [0, 0.05) is 11.8 Å². The number of fused-ring (bicyclic) bond motifs is 2. The van der Waals surface area contributed by atoms with Gasteiger partial charge < -0.3 is 0 Å². The Morgan fingerprint density at radius 1 is 1.38 bits per heavy atom. The average Bonchev–Trinajstić information content (AvgIpc) is 2.29. The molecule has 2 heteroatoms. The molecule has 0 amide bonds. The number of hydrogen-bond acceptors (Lipinski definition) is 2. The summed E-state index contributed by atoms with van der Waals surface area (Å²) in [6.45, 7) is 0. The van der Waals surface area contributed by atoms with Crippen LogP contribution in [0.3, 0.4) is 0 Å². The van der Waals surface area contributed by atoms with Gasteiger partial charge in [-0.25, -0.2) is 0 Å². The predicted octanol–water partition coefficient (Wildman–Crippen LogP) is 0.464. The van der Waals surface area contributed by atoms with E-state index < -0.39 is 0 Å². The maximum atomic E-state index is 10.7. The molecular weight excluding hydrogens is 102 g/mol. The van der Waals surface area contributed by atoms with Gasteiger partial charge in [0.1, 0.15) is 5.71 Å². The summed E-state index contributed by atoms with van der Waals surface area (Å²) in [5.74, 6) is 0.0741. The zero-order chi connectivity index (χ0) is 5.56. The van der Waals surface area contributed by atoms with Crippen LogP contribution >= 0.6 is 0 Å². The summed E-state index contributed by atoms with van der Waals surface area (Å²) >= 11 is 0. The summed E-state index contributed by atoms with van der Waals surface area (Å²) in [5, 5.41) is 0. The molecule has 38 valence electrons. The van der Waals surface area contributed by atoms with Crippen LogP contribution in [-0.4, -0.2) is 11.5 Å². The van der Waals surface area contributed by atoms with E-state index in [1.807, 2.05) is 0 Å². The number of carbonyl (C=O) groups is 1. The highest BCUT2D eigenvalue weighted by Gasteiger charge is 2.22. The minimum Gasteiger partial charge on any atom is -0.287 e. The zero-order valence-electron chi connectivity index (χ0n) is 4.09. The van der Waals surface area contributed by atoms with Gasteiger partial charge in [-0.15, -0.1) is 0 Å². The van der Waals surface area contributed by atoms with Gasteiger partial charge in [0.25, 0.3) is 0 Å². The number of ketones is 1. The predicted molar refractivity (Wildman–Crippen MR) is 29.7 cm³/mol. The fraction of sp³-hybridized carbons (Fsp3) is 0. The Morgan fingerprint density at radius 2 is 2.25 bits per heavy atom. The van der Waals surface area contributed by atoms with Crippen LogP contribution < -0.4 is 0 Å². The molecule has 0 atom stereocenters. The first-order valence-electron chi connectivity index (χ1n) is 2.39. The fourth-order valence-electron chi connectivity index (χ4n) is 0.810. The number of allylic oxidation sites excluding steroid dienone is 3. The second-order valence-corrected chi connectivity index (χ2v) is 1.76. The van der Waals surface area contributed by atoms with Crippen LogP contribution in [0, 0.1) is 0 Å². The Labute approximate surface area is 46.2 Å². The number of hydrogen-bond donors (Lipinski definition) is 0. The van der Waals surface area contributed by atoms with Crippen molar-refractivity contribution >= 4 is 11.5 Å². The van der Waals surface area contributed by atoms with Crippen molar-refractivity contribution < 1.29 is 4.79 Å². The molecular formula is C6H3NO. The largest absolute Gasteiger partial charge is 0.287 e. The molecule has 0 fully saturated rings. The smallest absolute Gasteiger partial charge is 0.212 e. The molecule has 2 bridgehead atoms. The Balaban J connectivity index is 2.73. The number of aliphatic imine (C=N–C) groups is 1. The maximum Gasteiger partial charge on any atom is 0.212 e. The number of Topliss-reactive ketones (excluding diaryl/α,β-unsaturated/α-hetero) is 1. The van der Waals surface area contributed by atoms with Crippen LogP contribution in [0.4, 0.5) is 0 Å². The topological polar surface area (TPSA) is 29.4 Å². The van der Waals surface area contributed by atoms with Crippen molar-refractivity contribution in [2.45, 2.75) is 0 Å². The molecule has 0 aromatic heterocycles. The summed E-state index contributed by atoms with van der Waals surface area (Å²) in [5.41, 5.74) is 1.31. The van der Waals surface area contributed by atoms with Gasteiger partial charge in [-0.05, 0) is 12.2 Å². The third-order valence-electron chi connectivity index (χ3n) is 1.26. The number of rotatable bonds is 0. The normalized spacial score (nSPS) is 21.8. The van der Waals surface area contributed by atoms with Crippen molar-refractivity contribution in [1.29, 1.82) is 0 Å². The second kappa shape index (κ2) is 0.968. The van der Waals surface area contributed by atoms with Gasteiger partial charge >= 0.3 is 0 Å². The molecule has 0 N–H and O–H groups in total. The van der Waals surface area contributed by atoms with Crippen molar-refractivity contribution in [2.24, 2.45) is 4.99 Å². The Kier molecular flexibility index (Phi) is 0.457. The summed E-state index contributed by atoms with van der Waals surface area (Å²) < 4.78 is 0. The third kappa shape index (κ3) is 0.249. The van der Waals surface area contributed by atoms with Crippen molar-refractivity contribution in [3.63, 3.8) is 0 Å².